The molecule has 4 atom stereocenters. The molecule has 6 heteroatoms. The predicted molar refractivity (Wildman–Crippen MR) is 116 cm³/mol. The zero-order chi connectivity index (χ0) is 22.2. The van der Waals surface area contributed by atoms with Crippen molar-refractivity contribution >= 4 is 23.6 Å². The number of imide groups is 1. The molecule has 1 saturated heterocycles. The van der Waals surface area contributed by atoms with Gasteiger partial charge >= 0.3 is 5.97 Å². The molecule has 0 N–H and O–H groups in total. The van der Waals surface area contributed by atoms with Crippen molar-refractivity contribution < 1.29 is 23.9 Å². The highest BCUT2D eigenvalue weighted by Crippen LogP contribution is 2.56. The molecule has 2 amide bonds. The number of esters is 1. The summed E-state index contributed by atoms with van der Waals surface area (Å²) in [5, 5.41) is 0. The van der Waals surface area contributed by atoms with Crippen LogP contribution in [0, 0.1) is 23.7 Å². The smallest absolute Gasteiger partial charge is 0.308 e. The van der Waals surface area contributed by atoms with Gasteiger partial charge in [-0.2, -0.15) is 0 Å². The van der Waals surface area contributed by atoms with Gasteiger partial charge in [-0.1, -0.05) is 54.6 Å². The predicted octanol–water partition coefficient (Wildman–Crippen LogP) is 3.50. The molecule has 2 bridgehead atoms. The van der Waals surface area contributed by atoms with Crippen LogP contribution in [0.25, 0.3) is 11.1 Å². The minimum absolute atomic E-state index is 0.0307. The molecule has 0 unspecified atom stereocenters. The number of Topliss-reactive ketones (excluding diaryl/α,β-unsaturated/α-hetero) is 1. The number of ketones is 1. The standard InChI is InChI=1S/C26H25NO5/c28-21(18-8-6-17(7-9-18)16-4-2-1-3-5-16)15-32-22(29)12-13-27-25(30)23-19-10-11-20(14-19)24(23)26(27)31/h1-9,19-20,23-24H,10-15H2/t19-,20+,23-,24-/m0/s1. The van der Waals surface area contributed by atoms with Crippen LogP contribution in [-0.4, -0.2) is 41.6 Å². The van der Waals surface area contributed by atoms with Crippen LogP contribution in [0.15, 0.2) is 54.6 Å². The quantitative estimate of drug-likeness (QED) is 0.381. The Morgan fingerprint density at radius 1 is 0.844 bits per heavy atom. The lowest BCUT2D eigenvalue weighted by molar-refractivity contribution is -0.145. The van der Waals surface area contributed by atoms with Gasteiger partial charge in [-0.25, -0.2) is 0 Å². The van der Waals surface area contributed by atoms with Crippen molar-refractivity contribution in [2.24, 2.45) is 23.7 Å². The molecule has 3 aliphatic rings. The van der Waals surface area contributed by atoms with Crippen molar-refractivity contribution in [2.75, 3.05) is 13.2 Å². The van der Waals surface area contributed by atoms with Crippen molar-refractivity contribution in [3.8, 4) is 11.1 Å². The van der Waals surface area contributed by atoms with E-state index in [0.717, 1.165) is 30.4 Å². The van der Waals surface area contributed by atoms with E-state index in [9.17, 15) is 19.2 Å². The third kappa shape index (κ3) is 3.64. The molecule has 3 fully saturated rings. The Bertz CT molecular complexity index is 1030. The molecule has 2 aliphatic carbocycles. The second-order valence-electron chi connectivity index (χ2n) is 8.99. The third-order valence-electron chi connectivity index (χ3n) is 7.24. The Hall–Kier alpha value is -3.28. The van der Waals surface area contributed by atoms with Gasteiger partial charge in [0.15, 0.2) is 12.4 Å². The number of likely N-dealkylation sites (tertiary alicyclic amines) is 1. The lowest BCUT2D eigenvalue weighted by atomic mass is 9.81. The van der Waals surface area contributed by atoms with Gasteiger partial charge in [0.1, 0.15) is 0 Å². The summed E-state index contributed by atoms with van der Waals surface area (Å²) in [5.41, 5.74) is 2.52. The van der Waals surface area contributed by atoms with Crippen LogP contribution in [0.4, 0.5) is 0 Å². The maximum Gasteiger partial charge on any atom is 0.308 e. The molecule has 164 valence electrons. The van der Waals surface area contributed by atoms with Crippen molar-refractivity contribution in [2.45, 2.75) is 25.7 Å². The van der Waals surface area contributed by atoms with Crippen LogP contribution in [0.2, 0.25) is 0 Å². The van der Waals surface area contributed by atoms with E-state index in [1.807, 2.05) is 42.5 Å². The first-order valence-electron chi connectivity index (χ1n) is 11.2. The Morgan fingerprint density at radius 2 is 1.44 bits per heavy atom. The normalized spacial score (nSPS) is 25.8. The monoisotopic (exact) mass is 431 g/mol. The molecule has 2 saturated carbocycles. The summed E-state index contributed by atoms with van der Waals surface area (Å²) < 4.78 is 5.11. The Morgan fingerprint density at radius 3 is 2.06 bits per heavy atom. The minimum Gasteiger partial charge on any atom is -0.457 e. The Labute approximate surface area is 186 Å². The average molecular weight is 431 g/mol. The number of rotatable bonds is 7. The molecule has 32 heavy (non-hydrogen) atoms. The van der Waals surface area contributed by atoms with Gasteiger partial charge in [0.25, 0.3) is 0 Å². The number of fused-ring (bicyclic) bond motifs is 5. The van der Waals surface area contributed by atoms with Crippen molar-refractivity contribution in [1.29, 1.82) is 0 Å². The molecule has 1 heterocycles. The second-order valence-corrected chi connectivity index (χ2v) is 8.99. The van der Waals surface area contributed by atoms with E-state index >= 15 is 0 Å². The molecular weight excluding hydrogens is 406 g/mol. The van der Waals surface area contributed by atoms with Crippen LogP contribution in [0.3, 0.4) is 0 Å². The molecular formula is C26H25NO5. The summed E-state index contributed by atoms with van der Waals surface area (Å²) in [6, 6.07) is 17.0. The van der Waals surface area contributed by atoms with Crippen LogP contribution < -0.4 is 0 Å². The number of hydrogen-bond acceptors (Lipinski definition) is 5. The second kappa shape index (κ2) is 8.34. The van der Waals surface area contributed by atoms with Gasteiger partial charge in [0.05, 0.1) is 18.3 Å². The zero-order valence-corrected chi connectivity index (χ0v) is 17.7. The summed E-state index contributed by atoms with van der Waals surface area (Å²) in [4.78, 5) is 51.1. The van der Waals surface area contributed by atoms with Crippen LogP contribution >= 0.6 is 0 Å². The van der Waals surface area contributed by atoms with E-state index in [1.165, 1.54) is 4.90 Å². The van der Waals surface area contributed by atoms with Gasteiger partial charge in [0.2, 0.25) is 11.8 Å². The minimum atomic E-state index is -0.583. The molecule has 2 aromatic rings. The van der Waals surface area contributed by atoms with Gasteiger partial charge < -0.3 is 4.74 Å². The third-order valence-corrected chi connectivity index (χ3v) is 7.24. The number of hydrogen-bond donors (Lipinski definition) is 0. The zero-order valence-electron chi connectivity index (χ0n) is 17.7. The first-order chi connectivity index (χ1) is 15.5. The highest BCUT2D eigenvalue weighted by molar-refractivity contribution is 6.06. The van der Waals surface area contributed by atoms with Crippen LogP contribution in [0.1, 0.15) is 36.0 Å². The van der Waals surface area contributed by atoms with E-state index in [4.69, 9.17) is 4.74 Å². The fraction of sp³-hybridized carbons (Fsp3) is 0.385. The number of carbonyl (C=O) groups excluding carboxylic acids is 4. The van der Waals surface area contributed by atoms with Gasteiger partial charge in [-0.3, -0.25) is 24.1 Å². The maximum absolute atomic E-state index is 12.7. The number of benzene rings is 2. The topological polar surface area (TPSA) is 80.8 Å². The summed E-state index contributed by atoms with van der Waals surface area (Å²) in [6.45, 7) is -0.330. The first-order valence-corrected chi connectivity index (χ1v) is 11.2. The van der Waals surface area contributed by atoms with Gasteiger partial charge in [-0.05, 0) is 42.2 Å². The average Bonchev–Trinajstić information content (AvgIpc) is 3.51. The van der Waals surface area contributed by atoms with E-state index in [1.54, 1.807) is 12.1 Å². The number of ether oxygens (including phenoxy) is 1. The molecule has 0 aromatic heterocycles. The van der Waals surface area contributed by atoms with E-state index in [-0.39, 0.29) is 49.0 Å². The number of amides is 2. The highest BCUT2D eigenvalue weighted by Gasteiger charge is 2.60. The molecule has 6 nitrogen and oxygen atoms in total. The van der Waals surface area contributed by atoms with E-state index in [0.29, 0.717) is 17.4 Å². The summed E-state index contributed by atoms with van der Waals surface area (Å²) in [7, 11) is 0. The fourth-order valence-electron chi connectivity index (χ4n) is 5.67. The van der Waals surface area contributed by atoms with Crippen molar-refractivity contribution in [3.63, 3.8) is 0 Å². The van der Waals surface area contributed by atoms with Crippen LogP contribution in [-0.2, 0) is 19.1 Å². The largest absolute Gasteiger partial charge is 0.457 e. The molecule has 1 aliphatic heterocycles. The molecule has 0 spiro atoms. The lowest BCUT2D eigenvalue weighted by Gasteiger charge is -2.19. The number of nitrogens with zero attached hydrogens (tertiary/aromatic N) is 1. The fourth-order valence-corrected chi connectivity index (χ4v) is 5.67. The summed E-state index contributed by atoms with van der Waals surface area (Å²) >= 11 is 0. The van der Waals surface area contributed by atoms with Crippen molar-refractivity contribution in [1.82, 2.24) is 4.90 Å². The Balaban J connectivity index is 1.11. The van der Waals surface area contributed by atoms with E-state index in [2.05, 4.69) is 0 Å². The molecule has 0 radical (unpaired) electrons. The SMILES string of the molecule is O=C(CCN1C(=O)[C@H]2[C@@H]3CC[C@@H](C3)[C@@H]2C1=O)OCC(=O)c1ccc(-c2ccccc2)cc1. The van der Waals surface area contributed by atoms with Gasteiger partial charge in [-0.15, -0.1) is 0 Å². The van der Waals surface area contributed by atoms with E-state index < -0.39 is 5.97 Å². The molecule has 2 aromatic carbocycles. The highest BCUT2D eigenvalue weighted by atomic mass is 16.5. The summed E-state index contributed by atoms with van der Waals surface area (Å²) in [6.07, 6.45) is 2.94. The maximum atomic E-state index is 12.7. The number of carbonyl (C=O) groups is 4. The van der Waals surface area contributed by atoms with Crippen molar-refractivity contribution in [3.05, 3.63) is 60.2 Å². The van der Waals surface area contributed by atoms with Crippen LogP contribution in [0.5, 0.6) is 0 Å². The Kier molecular flexibility index (Phi) is 5.37. The molecule has 5 rings (SSSR count). The first kappa shape index (κ1) is 20.6. The van der Waals surface area contributed by atoms with Gasteiger partial charge in [0, 0.05) is 12.1 Å². The summed E-state index contributed by atoms with van der Waals surface area (Å²) in [5.74, 6) is -0.856. The lowest BCUT2D eigenvalue weighted by Crippen LogP contribution is -2.35.